The van der Waals surface area contributed by atoms with Gasteiger partial charge in [-0.3, -0.25) is 9.36 Å². The normalized spacial score (nSPS) is 23.8. The van der Waals surface area contributed by atoms with Crippen LogP contribution in [-0.4, -0.2) is 25.6 Å². The van der Waals surface area contributed by atoms with Gasteiger partial charge in [0.2, 0.25) is 0 Å². The molecule has 2 atom stereocenters. The van der Waals surface area contributed by atoms with Gasteiger partial charge in [0.25, 0.3) is 5.56 Å². The lowest BCUT2D eigenvalue weighted by molar-refractivity contribution is 0.000456. The van der Waals surface area contributed by atoms with Crippen molar-refractivity contribution in [2.45, 2.75) is 44.9 Å². The quantitative estimate of drug-likeness (QED) is 0.895. The molecular weight excluding hydrogens is 232 g/mol. The molecule has 2 aromatic heterocycles. The van der Waals surface area contributed by atoms with Crippen LogP contribution in [0.25, 0.3) is 11.2 Å². The van der Waals surface area contributed by atoms with E-state index in [1.54, 1.807) is 6.33 Å². The Kier molecular flexibility index (Phi) is 2.87. The molecule has 1 aliphatic heterocycles. The zero-order valence-corrected chi connectivity index (χ0v) is 10.3. The van der Waals surface area contributed by atoms with Crippen molar-refractivity contribution < 1.29 is 4.74 Å². The van der Waals surface area contributed by atoms with E-state index < -0.39 is 0 Å². The third-order valence-electron chi connectivity index (χ3n) is 3.37. The summed E-state index contributed by atoms with van der Waals surface area (Å²) in [5.74, 6) is 0. The molecule has 3 rings (SSSR count). The number of hydrogen-bond acceptors (Lipinski definition) is 4. The van der Waals surface area contributed by atoms with E-state index in [0.29, 0.717) is 17.3 Å². The van der Waals surface area contributed by atoms with Gasteiger partial charge < -0.3 is 9.72 Å². The number of ether oxygens (including phenoxy) is 1. The van der Waals surface area contributed by atoms with E-state index >= 15 is 0 Å². The minimum Gasteiger partial charge on any atom is -0.355 e. The van der Waals surface area contributed by atoms with Crippen LogP contribution in [0.1, 0.15) is 38.8 Å². The molecule has 0 bridgehead atoms. The number of nitrogens with one attached hydrogen (secondary N) is 1. The van der Waals surface area contributed by atoms with Crippen LogP contribution in [0.3, 0.4) is 0 Å². The van der Waals surface area contributed by atoms with Crippen LogP contribution in [0.4, 0.5) is 0 Å². The summed E-state index contributed by atoms with van der Waals surface area (Å²) in [6.45, 7) is 2.16. The maximum absolute atomic E-state index is 11.6. The molecule has 1 aliphatic rings. The Bertz CT molecular complexity index is 603. The van der Waals surface area contributed by atoms with E-state index in [4.69, 9.17) is 4.74 Å². The lowest BCUT2D eigenvalue weighted by atomic mass is 10.1. The highest BCUT2D eigenvalue weighted by Gasteiger charge is 2.27. The molecule has 0 spiro atoms. The number of nitrogens with zero attached hydrogens (tertiary/aromatic N) is 3. The van der Waals surface area contributed by atoms with E-state index in [0.717, 1.165) is 25.7 Å². The highest BCUT2D eigenvalue weighted by Crippen LogP contribution is 2.31. The first kappa shape index (κ1) is 11.4. The fraction of sp³-hybridized carbons (Fsp3) is 0.583. The van der Waals surface area contributed by atoms with Crippen LogP contribution in [0.15, 0.2) is 17.4 Å². The summed E-state index contributed by atoms with van der Waals surface area (Å²) in [6.07, 6.45) is 7.54. The van der Waals surface area contributed by atoms with Gasteiger partial charge in [-0.25, -0.2) is 9.97 Å². The standard InChI is InChI=1S/C12H16N4O2/c1-2-3-8-4-5-9(18-8)16-7-15-10-11(16)13-6-14-12(10)17/h6-9H,2-5H2,1H3,(H,13,14,17). The minimum atomic E-state index is -0.207. The molecule has 18 heavy (non-hydrogen) atoms. The summed E-state index contributed by atoms with van der Waals surface area (Å²) >= 11 is 0. The highest BCUT2D eigenvalue weighted by atomic mass is 16.5. The van der Waals surface area contributed by atoms with Crippen LogP contribution >= 0.6 is 0 Å². The third-order valence-corrected chi connectivity index (χ3v) is 3.37. The number of aromatic nitrogens is 4. The first-order chi connectivity index (χ1) is 8.79. The summed E-state index contributed by atoms with van der Waals surface area (Å²) < 4.78 is 7.83. The average molecular weight is 248 g/mol. The van der Waals surface area contributed by atoms with E-state index in [2.05, 4.69) is 21.9 Å². The summed E-state index contributed by atoms with van der Waals surface area (Å²) in [5, 5.41) is 0. The molecule has 0 saturated carbocycles. The Balaban J connectivity index is 1.92. The lowest BCUT2D eigenvalue weighted by Crippen LogP contribution is -2.12. The van der Waals surface area contributed by atoms with Gasteiger partial charge in [-0.15, -0.1) is 0 Å². The van der Waals surface area contributed by atoms with Crippen molar-refractivity contribution in [2.24, 2.45) is 0 Å². The SMILES string of the molecule is CCCC1CCC(n2cnc3c(=O)[nH]cnc32)O1. The van der Waals surface area contributed by atoms with Crippen molar-refractivity contribution in [3.63, 3.8) is 0 Å². The second kappa shape index (κ2) is 4.53. The largest absolute Gasteiger partial charge is 0.355 e. The van der Waals surface area contributed by atoms with E-state index in [1.807, 2.05) is 4.57 Å². The van der Waals surface area contributed by atoms with Crippen molar-refractivity contribution in [1.82, 2.24) is 19.5 Å². The Morgan fingerprint density at radius 1 is 1.50 bits per heavy atom. The summed E-state index contributed by atoms with van der Waals surface area (Å²) in [7, 11) is 0. The van der Waals surface area contributed by atoms with Crippen molar-refractivity contribution >= 4 is 11.2 Å². The molecule has 0 aromatic carbocycles. The monoisotopic (exact) mass is 248 g/mol. The number of hydrogen-bond donors (Lipinski definition) is 1. The highest BCUT2D eigenvalue weighted by molar-refractivity contribution is 5.68. The van der Waals surface area contributed by atoms with Crippen LogP contribution in [-0.2, 0) is 4.74 Å². The second-order valence-corrected chi connectivity index (χ2v) is 4.63. The van der Waals surface area contributed by atoms with Crippen molar-refractivity contribution in [2.75, 3.05) is 0 Å². The second-order valence-electron chi connectivity index (χ2n) is 4.63. The molecule has 0 radical (unpaired) electrons. The van der Waals surface area contributed by atoms with Gasteiger partial charge in [0.05, 0.1) is 18.8 Å². The molecule has 6 nitrogen and oxygen atoms in total. The summed E-state index contributed by atoms with van der Waals surface area (Å²) in [5.41, 5.74) is 0.766. The van der Waals surface area contributed by atoms with Crippen molar-refractivity contribution in [1.29, 1.82) is 0 Å². The van der Waals surface area contributed by atoms with E-state index in [9.17, 15) is 4.79 Å². The molecule has 2 aromatic rings. The molecule has 2 unspecified atom stereocenters. The molecule has 3 heterocycles. The topological polar surface area (TPSA) is 72.8 Å². The maximum atomic E-state index is 11.6. The average Bonchev–Trinajstić information content (AvgIpc) is 2.96. The summed E-state index contributed by atoms with van der Waals surface area (Å²) in [4.78, 5) is 22.4. The smallest absolute Gasteiger partial charge is 0.278 e. The number of rotatable bonds is 3. The molecule has 1 N–H and O–H groups in total. The van der Waals surface area contributed by atoms with Gasteiger partial charge in [0.1, 0.15) is 6.23 Å². The predicted octanol–water partition coefficient (Wildman–Crippen LogP) is 1.60. The fourth-order valence-electron chi connectivity index (χ4n) is 2.50. The predicted molar refractivity (Wildman–Crippen MR) is 66.2 cm³/mol. The number of imidazole rings is 1. The van der Waals surface area contributed by atoms with E-state index in [1.165, 1.54) is 6.33 Å². The van der Waals surface area contributed by atoms with Crippen LogP contribution in [0.2, 0.25) is 0 Å². The molecule has 0 amide bonds. The van der Waals surface area contributed by atoms with Gasteiger partial charge in [0, 0.05) is 0 Å². The van der Waals surface area contributed by atoms with E-state index in [-0.39, 0.29) is 11.8 Å². The zero-order chi connectivity index (χ0) is 12.5. The maximum Gasteiger partial charge on any atom is 0.278 e. The Hall–Kier alpha value is -1.69. The molecule has 0 aliphatic carbocycles. The Morgan fingerprint density at radius 2 is 2.39 bits per heavy atom. The molecule has 96 valence electrons. The van der Waals surface area contributed by atoms with Crippen LogP contribution < -0.4 is 5.56 Å². The first-order valence-corrected chi connectivity index (χ1v) is 6.35. The molecule has 1 saturated heterocycles. The number of aromatic amines is 1. The van der Waals surface area contributed by atoms with Gasteiger partial charge in [-0.05, 0) is 19.3 Å². The first-order valence-electron chi connectivity index (χ1n) is 6.35. The number of H-pyrrole nitrogens is 1. The molecule has 6 heteroatoms. The van der Waals surface area contributed by atoms with Crippen LogP contribution in [0.5, 0.6) is 0 Å². The Labute approximate surface area is 104 Å². The van der Waals surface area contributed by atoms with Gasteiger partial charge in [-0.2, -0.15) is 0 Å². The van der Waals surface area contributed by atoms with Gasteiger partial charge in [-0.1, -0.05) is 13.3 Å². The minimum absolute atomic E-state index is 0.0409. The van der Waals surface area contributed by atoms with Crippen molar-refractivity contribution in [3.8, 4) is 0 Å². The molecular formula is C12H16N4O2. The fourth-order valence-corrected chi connectivity index (χ4v) is 2.50. The third kappa shape index (κ3) is 1.82. The number of fused-ring (bicyclic) bond motifs is 1. The Morgan fingerprint density at radius 3 is 3.22 bits per heavy atom. The van der Waals surface area contributed by atoms with Crippen molar-refractivity contribution in [3.05, 3.63) is 23.0 Å². The molecule has 1 fully saturated rings. The summed E-state index contributed by atoms with van der Waals surface area (Å²) in [6, 6.07) is 0. The lowest BCUT2D eigenvalue weighted by Gasteiger charge is -2.14. The van der Waals surface area contributed by atoms with Gasteiger partial charge >= 0.3 is 0 Å². The van der Waals surface area contributed by atoms with Crippen LogP contribution in [0, 0.1) is 0 Å². The zero-order valence-electron chi connectivity index (χ0n) is 10.3. The van der Waals surface area contributed by atoms with Gasteiger partial charge in [0.15, 0.2) is 11.2 Å².